The maximum atomic E-state index is 12.7. The van der Waals surface area contributed by atoms with Crippen LogP contribution in [0, 0.1) is 0 Å². The number of amides is 1. The Balaban J connectivity index is 1.92. The van der Waals surface area contributed by atoms with Crippen molar-refractivity contribution in [1.82, 2.24) is 5.32 Å². The molecule has 3 heteroatoms. The molecule has 25 heavy (non-hydrogen) atoms. The molecule has 0 aliphatic carbocycles. The standard InChI is InChI=1S/C22H21NO2/c1-22(19-10-6-3-7-11-19,16-17-12-14-20(24)15-13-17)23-21(25)18-8-4-2-5-9-18/h2-15,24H,16H2,1H3,(H,23,25). The highest BCUT2D eigenvalue weighted by Gasteiger charge is 2.29. The van der Waals surface area contributed by atoms with Gasteiger partial charge in [-0.3, -0.25) is 4.79 Å². The Labute approximate surface area is 148 Å². The van der Waals surface area contributed by atoms with Crippen molar-refractivity contribution in [3.05, 3.63) is 102 Å². The molecule has 126 valence electrons. The molecule has 0 aliphatic heterocycles. The van der Waals surface area contributed by atoms with Crippen LogP contribution in [0.25, 0.3) is 0 Å². The molecule has 3 rings (SSSR count). The fraction of sp³-hybridized carbons (Fsp3) is 0.136. The van der Waals surface area contributed by atoms with Crippen LogP contribution in [0.3, 0.4) is 0 Å². The van der Waals surface area contributed by atoms with Gasteiger partial charge in [0.25, 0.3) is 5.91 Å². The second kappa shape index (κ2) is 7.22. The van der Waals surface area contributed by atoms with E-state index in [-0.39, 0.29) is 11.7 Å². The first kappa shape index (κ1) is 16.8. The third kappa shape index (κ3) is 4.07. The van der Waals surface area contributed by atoms with Crippen LogP contribution in [0.15, 0.2) is 84.9 Å². The van der Waals surface area contributed by atoms with Crippen LogP contribution in [0.1, 0.15) is 28.4 Å². The number of hydrogen-bond acceptors (Lipinski definition) is 2. The zero-order valence-corrected chi connectivity index (χ0v) is 14.1. The smallest absolute Gasteiger partial charge is 0.251 e. The number of phenols is 1. The van der Waals surface area contributed by atoms with E-state index in [0.29, 0.717) is 12.0 Å². The van der Waals surface area contributed by atoms with Crippen LogP contribution >= 0.6 is 0 Å². The van der Waals surface area contributed by atoms with Crippen LogP contribution in [-0.4, -0.2) is 11.0 Å². The van der Waals surface area contributed by atoms with E-state index < -0.39 is 5.54 Å². The van der Waals surface area contributed by atoms with Crippen LogP contribution < -0.4 is 5.32 Å². The largest absolute Gasteiger partial charge is 0.508 e. The predicted molar refractivity (Wildman–Crippen MR) is 99.5 cm³/mol. The van der Waals surface area contributed by atoms with Gasteiger partial charge in [0.15, 0.2) is 0 Å². The Morgan fingerprint density at radius 2 is 1.44 bits per heavy atom. The summed E-state index contributed by atoms with van der Waals surface area (Å²) in [5, 5.41) is 12.7. The van der Waals surface area contributed by atoms with Crippen molar-refractivity contribution in [2.75, 3.05) is 0 Å². The molecule has 0 spiro atoms. The van der Waals surface area contributed by atoms with Gasteiger partial charge < -0.3 is 10.4 Å². The van der Waals surface area contributed by atoms with Crippen molar-refractivity contribution >= 4 is 5.91 Å². The van der Waals surface area contributed by atoms with Crippen molar-refractivity contribution in [3.63, 3.8) is 0 Å². The van der Waals surface area contributed by atoms with Gasteiger partial charge in [-0.25, -0.2) is 0 Å². The minimum atomic E-state index is -0.564. The molecule has 0 aromatic heterocycles. The second-order valence-corrected chi connectivity index (χ2v) is 6.36. The number of rotatable bonds is 5. The number of carbonyl (C=O) groups excluding carboxylic acids is 1. The lowest BCUT2D eigenvalue weighted by Crippen LogP contribution is -2.45. The summed E-state index contributed by atoms with van der Waals surface area (Å²) >= 11 is 0. The molecule has 0 radical (unpaired) electrons. The van der Waals surface area contributed by atoms with Crippen molar-refractivity contribution in [3.8, 4) is 5.75 Å². The van der Waals surface area contributed by atoms with Gasteiger partial charge in [-0.2, -0.15) is 0 Å². The molecular formula is C22H21NO2. The monoisotopic (exact) mass is 331 g/mol. The van der Waals surface area contributed by atoms with Gasteiger partial charge in [0, 0.05) is 5.56 Å². The van der Waals surface area contributed by atoms with Gasteiger partial charge in [-0.05, 0) is 48.7 Å². The number of carbonyl (C=O) groups is 1. The summed E-state index contributed by atoms with van der Waals surface area (Å²) in [6, 6.07) is 26.3. The molecule has 3 aromatic carbocycles. The average molecular weight is 331 g/mol. The van der Waals surface area contributed by atoms with Crippen LogP contribution in [0.5, 0.6) is 5.75 Å². The second-order valence-electron chi connectivity index (χ2n) is 6.36. The number of aromatic hydroxyl groups is 1. The van der Waals surface area contributed by atoms with Gasteiger partial charge in [-0.1, -0.05) is 60.7 Å². The fourth-order valence-corrected chi connectivity index (χ4v) is 2.96. The Kier molecular flexibility index (Phi) is 4.85. The molecule has 2 N–H and O–H groups in total. The molecule has 0 saturated carbocycles. The number of nitrogens with one attached hydrogen (secondary N) is 1. The molecule has 0 aliphatic rings. The van der Waals surface area contributed by atoms with E-state index in [1.165, 1.54) is 0 Å². The van der Waals surface area contributed by atoms with Crippen LogP contribution in [0.2, 0.25) is 0 Å². The van der Waals surface area contributed by atoms with Gasteiger partial charge in [0.05, 0.1) is 5.54 Å². The van der Waals surface area contributed by atoms with Gasteiger partial charge >= 0.3 is 0 Å². The Bertz CT molecular complexity index is 829. The molecule has 0 fully saturated rings. The first-order chi connectivity index (χ1) is 12.1. The zero-order valence-electron chi connectivity index (χ0n) is 14.1. The molecule has 3 nitrogen and oxygen atoms in total. The van der Waals surface area contributed by atoms with Gasteiger partial charge in [0.2, 0.25) is 0 Å². The summed E-state index contributed by atoms with van der Waals surface area (Å²) in [5.74, 6) is 0.129. The number of phenolic OH excluding ortho intramolecular Hbond substituents is 1. The van der Waals surface area contributed by atoms with E-state index in [9.17, 15) is 9.90 Å². The van der Waals surface area contributed by atoms with Gasteiger partial charge in [-0.15, -0.1) is 0 Å². The summed E-state index contributed by atoms with van der Waals surface area (Å²) < 4.78 is 0. The van der Waals surface area contributed by atoms with E-state index in [2.05, 4.69) is 5.32 Å². The lowest BCUT2D eigenvalue weighted by atomic mass is 9.85. The van der Waals surface area contributed by atoms with E-state index in [4.69, 9.17) is 0 Å². The van der Waals surface area contributed by atoms with Crippen LogP contribution in [-0.2, 0) is 12.0 Å². The third-order valence-corrected chi connectivity index (χ3v) is 4.33. The van der Waals surface area contributed by atoms with E-state index in [1.807, 2.05) is 67.6 Å². The van der Waals surface area contributed by atoms with Crippen molar-refractivity contribution in [2.24, 2.45) is 0 Å². The van der Waals surface area contributed by atoms with Crippen LogP contribution in [0.4, 0.5) is 0 Å². The normalized spacial score (nSPS) is 13.0. The summed E-state index contributed by atoms with van der Waals surface area (Å²) in [6.07, 6.45) is 0.621. The first-order valence-corrected chi connectivity index (χ1v) is 8.28. The topological polar surface area (TPSA) is 49.3 Å². The lowest BCUT2D eigenvalue weighted by Gasteiger charge is -2.32. The van der Waals surface area contributed by atoms with E-state index in [1.54, 1.807) is 24.3 Å². The van der Waals surface area contributed by atoms with Crippen molar-refractivity contribution < 1.29 is 9.90 Å². The Hall–Kier alpha value is -3.07. The fourth-order valence-electron chi connectivity index (χ4n) is 2.96. The molecule has 0 bridgehead atoms. The SMILES string of the molecule is CC(Cc1ccc(O)cc1)(NC(=O)c1ccccc1)c1ccccc1. The quantitative estimate of drug-likeness (QED) is 0.733. The molecule has 0 heterocycles. The zero-order chi connectivity index (χ0) is 17.7. The lowest BCUT2D eigenvalue weighted by molar-refractivity contribution is 0.0904. The molecule has 0 saturated heterocycles. The highest BCUT2D eigenvalue weighted by Crippen LogP contribution is 2.27. The molecule has 1 amide bonds. The van der Waals surface area contributed by atoms with E-state index >= 15 is 0 Å². The summed E-state index contributed by atoms with van der Waals surface area (Å²) in [6.45, 7) is 2.02. The highest BCUT2D eigenvalue weighted by atomic mass is 16.3. The minimum Gasteiger partial charge on any atom is -0.508 e. The van der Waals surface area contributed by atoms with E-state index in [0.717, 1.165) is 11.1 Å². The van der Waals surface area contributed by atoms with Crippen molar-refractivity contribution in [2.45, 2.75) is 18.9 Å². The number of hydrogen-bond donors (Lipinski definition) is 2. The Morgan fingerprint density at radius 1 is 0.880 bits per heavy atom. The maximum absolute atomic E-state index is 12.7. The molecule has 1 unspecified atom stereocenters. The minimum absolute atomic E-state index is 0.106. The third-order valence-electron chi connectivity index (χ3n) is 4.33. The first-order valence-electron chi connectivity index (χ1n) is 8.28. The Morgan fingerprint density at radius 3 is 2.04 bits per heavy atom. The summed E-state index contributed by atoms with van der Waals surface area (Å²) in [7, 11) is 0. The summed E-state index contributed by atoms with van der Waals surface area (Å²) in [4.78, 5) is 12.7. The van der Waals surface area contributed by atoms with Gasteiger partial charge in [0.1, 0.15) is 5.75 Å². The predicted octanol–water partition coefficient (Wildman–Crippen LogP) is 4.28. The molecule has 1 atom stereocenters. The number of benzene rings is 3. The molecular weight excluding hydrogens is 310 g/mol. The van der Waals surface area contributed by atoms with Crippen molar-refractivity contribution in [1.29, 1.82) is 0 Å². The molecule has 3 aromatic rings. The maximum Gasteiger partial charge on any atom is 0.251 e. The average Bonchev–Trinajstić information content (AvgIpc) is 2.65. The summed E-state index contributed by atoms with van der Waals surface area (Å²) in [5.41, 5.74) is 2.14. The highest BCUT2D eigenvalue weighted by molar-refractivity contribution is 5.94.